The van der Waals surface area contributed by atoms with E-state index in [1.54, 1.807) is 4.90 Å². The Morgan fingerprint density at radius 2 is 2.05 bits per heavy atom. The van der Waals surface area contributed by atoms with Gasteiger partial charge in [0.25, 0.3) is 5.91 Å². The zero-order valence-corrected chi connectivity index (χ0v) is 11.5. The van der Waals surface area contributed by atoms with Crippen LogP contribution in [-0.4, -0.2) is 25.2 Å². The molecule has 1 fully saturated rings. The van der Waals surface area contributed by atoms with Gasteiger partial charge in [0.1, 0.15) is 6.61 Å². The van der Waals surface area contributed by atoms with E-state index in [4.69, 9.17) is 10.00 Å². The molecule has 1 aliphatic rings. The number of para-hydroxylation sites is 1. The number of morpholine rings is 1. The summed E-state index contributed by atoms with van der Waals surface area (Å²) in [4.78, 5) is 13.7. The highest BCUT2D eigenvalue weighted by atomic mass is 16.5. The summed E-state index contributed by atoms with van der Waals surface area (Å²) >= 11 is 0. The first kappa shape index (κ1) is 13.6. The van der Waals surface area contributed by atoms with Gasteiger partial charge in [-0.2, -0.15) is 5.26 Å². The first-order chi connectivity index (χ1) is 8.93. The lowest BCUT2D eigenvalue weighted by atomic mass is 9.85. The predicted molar refractivity (Wildman–Crippen MR) is 72.8 cm³/mol. The van der Waals surface area contributed by atoms with Gasteiger partial charge in [-0.1, -0.05) is 39.0 Å². The molecule has 100 valence electrons. The lowest BCUT2D eigenvalue weighted by Gasteiger charge is -2.34. The highest BCUT2D eigenvalue weighted by Crippen LogP contribution is 2.32. The molecule has 1 aliphatic heterocycles. The number of benzene rings is 1. The number of hydrogen-bond donors (Lipinski definition) is 0. The fraction of sp³-hybridized carbons (Fsp3) is 0.467. The normalized spacial score (nSPS) is 20.2. The molecule has 0 aliphatic carbocycles. The molecule has 1 atom stereocenters. The maximum Gasteiger partial charge on any atom is 0.253 e. The molecule has 1 heterocycles. The number of carbonyl (C=O) groups is 1. The summed E-state index contributed by atoms with van der Waals surface area (Å²) in [6.45, 7) is 6.59. The third-order valence-corrected chi connectivity index (χ3v) is 3.20. The summed E-state index contributed by atoms with van der Waals surface area (Å²) in [5.41, 5.74) is 1.92. The number of rotatable bonds is 1. The first-order valence-corrected chi connectivity index (χ1v) is 6.34. The van der Waals surface area contributed by atoms with Crippen molar-refractivity contribution in [1.82, 2.24) is 0 Å². The molecule has 2 rings (SSSR count). The molecular formula is C15H18N2O2. The van der Waals surface area contributed by atoms with E-state index in [-0.39, 0.29) is 17.9 Å². The molecular weight excluding hydrogens is 240 g/mol. The number of nitrogens with zero attached hydrogens (tertiary/aromatic N) is 2. The SMILES string of the molecule is CC(C)(C)c1ccccc1N1CC(C#N)OCC1=O. The second kappa shape index (κ2) is 5.02. The summed E-state index contributed by atoms with van der Waals surface area (Å²) < 4.78 is 5.16. The Kier molecular flexibility index (Phi) is 3.59. The van der Waals surface area contributed by atoms with Crippen LogP contribution < -0.4 is 4.90 Å². The smallest absolute Gasteiger partial charge is 0.253 e. The van der Waals surface area contributed by atoms with Gasteiger partial charge in [0.15, 0.2) is 6.10 Å². The van der Waals surface area contributed by atoms with E-state index in [1.165, 1.54) is 0 Å². The van der Waals surface area contributed by atoms with Crippen LogP contribution in [0.4, 0.5) is 5.69 Å². The fourth-order valence-corrected chi connectivity index (χ4v) is 2.22. The van der Waals surface area contributed by atoms with Crippen molar-refractivity contribution in [2.24, 2.45) is 0 Å². The van der Waals surface area contributed by atoms with Crippen molar-refractivity contribution >= 4 is 11.6 Å². The van der Waals surface area contributed by atoms with Crippen LogP contribution in [0.25, 0.3) is 0 Å². The largest absolute Gasteiger partial charge is 0.352 e. The number of amides is 1. The molecule has 1 aromatic rings. The number of nitriles is 1. The van der Waals surface area contributed by atoms with Crippen molar-refractivity contribution in [3.8, 4) is 6.07 Å². The molecule has 1 amide bonds. The van der Waals surface area contributed by atoms with Gasteiger partial charge in [-0.25, -0.2) is 0 Å². The molecule has 0 aromatic heterocycles. The van der Waals surface area contributed by atoms with Crippen LogP contribution in [0, 0.1) is 11.3 Å². The Morgan fingerprint density at radius 1 is 1.37 bits per heavy atom. The molecule has 0 spiro atoms. The average molecular weight is 258 g/mol. The van der Waals surface area contributed by atoms with Crippen molar-refractivity contribution in [2.75, 3.05) is 18.1 Å². The van der Waals surface area contributed by atoms with Crippen LogP contribution in [-0.2, 0) is 14.9 Å². The van der Waals surface area contributed by atoms with E-state index in [1.807, 2.05) is 24.3 Å². The minimum absolute atomic E-state index is 0.0310. The van der Waals surface area contributed by atoms with Crippen LogP contribution in [0.3, 0.4) is 0 Å². The van der Waals surface area contributed by atoms with Crippen molar-refractivity contribution in [1.29, 1.82) is 5.26 Å². The van der Waals surface area contributed by atoms with E-state index in [9.17, 15) is 4.79 Å². The van der Waals surface area contributed by atoms with Crippen molar-refractivity contribution in [3.05, 3.63) is 29.8 Å². The van der Waals surface area contributed by atoms with E-state index in [2.05, 4.69) is 26.8 Å². The van der Waals surface area contributed by atoms with Gasteiger partial charge in [0, 0.05) is 5.69 Å². The number of carbonyl (C=O) groups excluding carboxylic acids is 1. The number of hydrogen-bond acceptors (Lipinski definition) is 3. The molecule has 4 heteroatoms. The van der Waals surface area contributed by atoms with E-state index in [0.717, 1.165) is 11.3 Å². The summed E-state index contributed by atoms with van der Waals surface area (Å²) in [6.07, 6.45) is -0.550. The van der Waals surface area contributed by atoms with E-state index in [0.29, 0.717) is 6.54 Å². The fourth-order valence-electron chi connectivity index (χ4n) is 2.22. The van der Waals surface area contributed by atoms with Crippen LogP contribution in [0.5, 0.6) is 0 Å². The van der Waals surface area contributed by atoms with Crippen molar-refractivity contribution in [3.63, 3.8) is 0 Å². The molecule has 1 unspecified atom stereocenters. The Morgan fingerprint density at radius 3 is 2.68 bits per heavy atom. The Labute approximate surface area is 113 Å². The van der Waals surface area contributed by atoms with Crippen molar-refractivity contribution in [2.45, 2.75) is 32.3 Å². The van der Waals surface area contributed by atoms with Gasteiger partial charge in [-0.3, -0.25) is 4.79 Å². The third-order valence-electron chi connectivity index (χ3n) is 3.20. The maximum atomic E-state index is 12.0. The molecule has 0 saturated carbocycles. The Bertz CT molecular complexity index is 526. The topological polar surface area (TPSA) is 53.3 Å². The number of ether oxygens (including phenoxy) is 1. The lowest BCUT2D eigenvalue weighted by molar-refractivity contribution is -0.127. The summed E-state index contributed by atoms with van der Waals surface area (Å²) in [5.74, 6) is -0.0943. The molecule has 0 N–H and O–H groups in total. The molecule has 0 bridgehead atoms. The number of anilines is 1. The molecule has 1 saturated heterocycles. The molecule has 1 aromatic carbocycles. The standard InChI is InChI=1S/C15H18N2O2/c1-15(2,3)12-6-4-5-7-13(12)17-9-11(8-16)19-10-14(17)18/h4-7,11H,9-10H2,1-3H3. The highest BCUT2D eigenvalue weighted by molar-refractivity contribution is 5.96. The lowest BCUT2D eigenvalue weighted by Crippen LogP contribution is -2.47. The predicted octanol–water partition coefficient (Wildman–Crippen LogP) is 2.24. The quantitative estimate of drug-likeness (QED) is 0.776. The van der Waals surface area contributed by atoms with E-state index < -0.39 is 6.10 Å². The van der Waals surface area contributed by atoms with Gasteiger partial charge in [-0.05, 0) is 17.0 Å². The van der Waals surface area contributed by atoms with Gasteiger partial charge in [-0.15, -0.1) is 0 Å². The van der Waals surface area contributed by atoms with Crippen LogP contribution in [0.2, 0.25) is 0 Å². The molecule has 0 radical (unpaired) electrons. The minimum Gasteiger partial charge on any atom is -0.352 e. The summed E-state index contributed by atoms with van der Waals surface area (Å²) in [6, 6.07) is 9.90. The van der Waals surface area contributed by atoms with Gasteiger partial charge in [0.05, 0.1) is 12.6 Å². The van der Waals surface area contributed by atoms with Crippen LogP contribution in [0.15, 0.2) is 24.3 Å². The highest BCUT2D eigenvalue weighted by Gasteiger charge is 2.30. The zero-order valence-electron chi connectivity index (χ0n) is 11.5. The summed E-state index contributed by atoms with van der Waals surface area (Å²) in [5, 5.41) is 8.96. The molecule has 19 heavy (non-hydrogen) atoms. The Balaban J connectivity index is 2.41. The van der Waals surface area contributed by atoms with Crippen LogP contribution >= 0.6 is 0 Å². The van der Waals surface area contributed by atoms with Gasteiger partial charge < -0.3 is 9.64 Å². The van der Waals surface area contributed by atoms with Gasteiger partial charge in [0.2, 0.25) is 0 Å². The van der Waals surface area contributed by atoms with Gasteiger partial charge >= 0.3 is 0 Å². The Hall–Kier alpha value is -1.86. The average Bonchev–Trinajstić information content (AvgIpc) is 2.38. The second-order valence-electron chi connectivity index (χ2n) is 5.70. The summed E-state index contributed by atoms with van der Waals surface area (Å²) in [7, 11) is 0. The third kappa shape index (κ3) is 2.77. The van der Waals surface area contributed by atoms with E-state index >= 15 is 0 Å². The maximum absolute atomic E-state index is 12.0. The monoisotopic (exact) mass is 258 g/mol. The second-order valence-corrected chi connectivity index (χ2v) is 5.70. The molecule has 4 nitrogen and oxygen atoms in total. The van der Waals surface area contributed by atoms with Crippen molar-refractivity contribution < 1.29 is 9.53 Å². The minimum atomic E-state index is -0.550. The zero-order chi connectivity index (χ0) is 14.0. The van der Waals surface area contributed by atoms with Crippen LogP contribution in [0.1, 0.15) is 26.3 Å². The first-order valence-electron chi connectivity index (χ1n) is 6.34.